The van der Waals surface area contributed by atoms with Crippen molar-refractivity contribution in [1.29, 1.82) is 0 Å². The minimum Gasteiger partial charge on any atom is -0.449 e. The van der Waals surface area contributed by atoms with Gasteiger partial charge in [-0.2, -0.15) is 0 Å². The van der Waals surface area contributed by atoms with Crippen molar-refractivity contribution in [2.75, 3.05) is 52.2 Å². The van der Waals surface area contributed by atoms with Gasteiger partial charge in [-0.25, -0.2) is 4.79 Å². The SMILES string of the molecule is CCCCOC(=O)N1CCN(C(=O)[C@@H](N)CCCP(=O)(OCC)OCC)CC1. The molecule has 0 radical (unpaired) electrons. The Labute approximate surface area is 168 Å². The molecule has 0 aliphatic carbocycles. The van der Waals surface area contributed by atoms with Crippen molar-refractivity contribution in [3.05, 3.63) is 0 Å². The van der Waals surface area contributed by atoms with Crippen LogP contribution in [0.25, 0.3) is 0 Å². The smallest absolute Gasteiger partial charge is 0.409 e. The lowest BCUT2D eigenvalue weighted by molar-refractivity contribution is -0.134. The van der Waals surface area contributed by atoms with Crippen molar-refractivity contribution in [2.24, 2.45) is 5.73 Å². The average molecular weight is 421 g/mol. The van der Waals surface area contributed by atoms with Gasteiger partial charge in [0.25, 0.3) is 0 Å². The van der Waals surface area contributed by atoms with Gasteiger partial charge in [-0.1, -0.05) is 13.3 Å². The zero-order valence-electron chi connectivity index (χ0n) is 17.4. The molecule has 1 aliphatic heterocycles. The van der Waals surface area contributed by atoms with Crippen LogP contribution in [0.3, 0.4) is 0 Å². The van der Waals surface area contributed by atoms with E-state index in [9.17, 15) is 14.2 Å². The van der Waals surface area contributed by atoms with Gasteiger partial charge < -0.3 is 29.3 Å². The van der Waals surface area contributed by atoms with Crippen LogP contribution in [0, 0.1) is 0 Å². The average Bonchev–Trinajstić information content (AvgIpc) is 2.68. The normalized spacial score (nSPS) is 16.1. The third kappa shape index (κ3) is 8.47. The highest BCUT2D eigenvalue weighted by Gasteiger charge is 2.29. The number of ether oxygens (including phenoxy) is 1. The van der Waals surface area contributed by atoms with Crippen molar-refractivity contribution in [1.82, 2.24) is 9.80 Å². The lowest BCUT2D eigenvalue weighted by Gasteiger charge is -2.35. The summed E-state index contributed by atoms with van der Waals surface area (Å²) in [4.78, 5) is 27.8. The summed E-state index contributed by atoms with van der Waals surface area (Å²) in [5, 5.41) is 0. The van der Waals surface area contributed by atoms with E-state index in [0.29, 0.717) is 58.8 Å². The number of rotatable bonds is 12. The fraction of sp³-hybridized carbons (Fsp3) is 0.889. The van der Waals surface area contributed by atoms with E-state index < -0.39 is 13.6 Å². The van der Waals surface area contributed by atoms with Crippen molar-refractivity contribution >= 4 is 19.6 Å². The van der Waals surface area contributed by atoms with Crippen LogP contribution in [-0.4, -0.2) is 80.0 Å². The minimum absolute atomic E-state index is 0.151. The van der Waals surface area contributed by atoms with Crippen LogP contribution in [-0.2, 0) is 23.1 Å². The van der Waals surface area contributed by atoms with E-state index >= 15 is 0 Å². The van der Waals surface area contributed by atoms with Crippen LogP contribution in [0.5, 0.6) is 0 Å². The fourth-order valence-electron chi connectivity index (χ4n) is 2.93. The predicted octanol–water partition coefficient (Wildman–Crippen LogP) is 2.44. The molecule has 2 N–H and O–H groups in total. The zero-order chi connectivity index (χ0) is 21.0. The molecule has 0 unspecified atom stereocenters. The van der Waals surface area contributed by atoms with Crippen molar-refractivity contribution in [3.63, 3.8) is 0 Å². The van der Waals surface area contributed by atoms with Crippen molar-refractivity contribution in [3.8, 4) is 0 Å². The summed E-state index contributed by atoms with van der Waals surface area (Å²) in [6, 6.07) is -0.667. The number of hydrogen-bond donors (Lipinski definition) is 1. The van der Waals surface area contributed by atoms with Gasteiger partial charge in [0.05, 0.1) is 32.0 Å². The number of unbranched alkanes of at least 4 members (excludes halogenated alkanes) is 1. The second-order valence-electron chi connectivity index (χ2n) is 6.70. The van der Waals surface area contributed by atoms with Crippen molar-refractivity contribution < 1.29 is 27.9 Å². The Hall–Kier alpha value is -1.15. The highest BCUT2D eigenvalue weighted by atomic mass is 31.2. The molecular formula is C18H36N3O6P. The molecule has 0 aromatic heterocycles. The Morgan fingerprint density at radius 1 is 1.00 bits per heavy atom. The summed E-state index contributed by atoms with van der Waals surface area (Å²) in [6.45, 7) is 8.36. The quantitative estimate of drug-likeness (QED) is 0.380. The molecule has 0 aromatic carbocycles. The molecule has 1 aliphatic rings. The summed E-state index contributed by atoms with van der Waals surface area (Å²) in [7, 11) is -3.11. The van der Waals surface area contributed by atoms with Gasteiger partial charge in [0, 0.05) is 26.2 Å². The molecule has 1 fully saturated rings. The van der Waals surface area contributed by atoms with Gasteiger partial charge >= 0.3 is 13.7 Å². The summed E-state index contributed by atoms with van der Waals surface area (Å²) in [6.07, 6.45) is 2.62. The van der Waals surface area contributed by atoms with E-state index in [-0.39, 0.29) is 18.2 Å². The molecule has 164 valence electrons. The van der Waals surface area contributed by atoms with Crippen LogP contribution in [0.15, 0.2) is 0 Å². The molecule has 1 rings (SSSR count). The fourth-order valence-corrected chi connectivity index (χ4v) is 4.62. The van der Waals surface area contributed by atoms with Crippen LogP contribution in [0.1, 0.15) is 46.5 Å². The molecule has 10 heteroatoms. The molecule has 1 heterocycles. The van der Waals surface area contributed by atoms with Gasteiger partial charge in [0.1, 0.15) is 0 Å². The molecule has 0 spiro atoms. The number of carbonyl (C=O) groups is 2. The first-order valence-corrected chi connectivity index (χ1v) is 11.9. The Morgan fingerprint density at radius 2 is 1.57 bits per heavy atom. The van der Waals surface area contributed by atoms with E-state index in [1.165, 1.54) is 0 Å². The number of hydrogen-bond acceptors (Lipinski definition) is 7. The topological polar surface area (TPSA) is 111 Å². The van der Waals surface area contributed by atoms with E-state index in [2.05, 4.69) is 0 Å². The number of carbonyl (C=O) groups excluding carboxylic acids is 2. The summed E-state index contributed by atoms with van der Waals surface area (Å²) in [5.41, 5.74) is 6.03. The van der Waals surface area contributed by atoms with Crippen LogP contribution < -0.4 is 5.73 Å². The monoisotopic (exact) mass is 421 g/mol. The highest BCUT2D eigenvalue weighted by molar-refractivity contribution is 7.53. The summed E-state index contributed by atoms with van der Waals surface area (Å²) in [5.74, 6) is -0.151. The first-order valence-electron chi connectivity index (χ1n) is 10.2. The molecule has 0 bridgehead atoms. The number of nitrogens with zero attached hydrogens (tertiary/aromatic N) is 2. The Balaban J connectivity index is 2.36. The molecule has 0 saturated carbocycles. The molecular weight excluding hydrogens is 385 g/mol. The third-order valence-corrected chi connectivity index (χ3v) is 6.66. The Morgan fingerprint density at radius 3 is 2.11 bits per heavy atom. The molecule has 1 atom stereocenters. The Kier molecular flexibility index (Phi) is 11.7. The van der Waals surface area contributed by atoms with Crippen LogP contribution in [0.2, 0.25) is 0 Å². The van der Waals surface area contributed by atoms with E-state index in [1.807, 2.05) is 6.92 Å². The molecule has 28 heavy (non-hydrogen) atoms. The van der Waals surface area contributed by atoms with Gasteiger partial charge in [-0.3, -0.25) is 9.36 Å². The second kappa shape index (κ2) is 13.1. The molecule has 2 amide bonds. The van der Waals surface area contributed by atoms with Crippen LogP contribution >= 0.6 is 7.60 Å². The van der Waals surface area contributed by atoms with Gasteiger partial charge in [0.2, 0.25) is 5.91 Å². The first kappa shape index (κ1) is 24.9. The highest BCUT2D eigenvalue weighted by Crippen LogP contribution is 2.48. The van der Waals surface area contributed by atoms with Crippen LogP contribution in [0.4, 0.5) is 4.79 Å². The van der Waals surface area contributed by atoms with Gasteiger partial charge in [0.15, 0.2) is 0 Å². The summed E-state index contributed by atoms with van der Waals surface area (Å²) < 4.78 is 28.1. The Bertz CT molecular complexity index is 515. The molecule has 1 saturated heterocycles. The molecule has 9 nitrogen and oxygen atoms in total. The number of piperazine rings is 1. The third-order valence-electron chi connectivity index (χ3n) is 4.49. The lowest BCUT2D eigenvalue weighted by Crippen LogP contribution is -2.54. The first-order chi connectivity index (χ1) is 13.4. The van der Waals surface area contributed by atoms with E-state index in [1.54, 1.807) is 23.6 Å². The largest absolute Gasteiger partial charge is 0.449 e. The van der Waals surface area contributed by atoms with Gasteiger partial charge in [-0.05, 0) is 33.1 Å². The second-order valence-corrected chi connectivity index (χ2v) is 8.88. The van der Waals surface area contributed by atoms with Crippen molar-refractivity contribution in [2.45, 2.75) is 52.5 Å². The van der Waals surface area contributed by atoms with Gasteiger partial charge in [-0.15, -0.1) is 0 Å². The number of nitrogens with two attached hydrogens (primary N) is 1. The maximum atomic E-state index is 12.5. The predicted molar refractivity (Wildman–Crippen MR) is 107 cm³/mol. The lowest BCUT2D eigenvalue weighted by atomic mass is 10.1. The maximum absolute atomic E-state index is 12.5. The summed E-state index contributed by atoms with van der Waals surface area (Å²) >= 11 is 0. The van der Waals surface area contributed by atoms with E-state index in [4.69, 9.17) is 19.5 Å². The number of amides is 2. The molecule has 0 aromatic rings. The maximum Gasteiger partial charge on any atom is 0.409 e. The minimum atomic E-state index is -3.11. The zero-order valence-corrected chi connectivity index (χ0v) is 18.3. The standard InChI is InChI=1S/C18H36N3O6P/c1-4-7-14-25-18(23)21-12-10-20(11-13-21)17(22)16(19)9-8-15-28(24,26-5-2)27-6-3/h16H,4-15,19H2,1-3H3/t16-/m0/s1. The van der Waals surface area contributed by atoms with E-state index in [0.717, 1.165) is 12.8 Å².